The van der Waals surface area contributed by atoms with E-state index < -0.39 is 42.0 Å². The molecular weight excluding hydrogens is 454 g/mol. The second kappa shape index (κ2) is 13.3. The Kier molecular flexibility index (Phi) is 10.5. The van der Waals surface area contributed by atoms with Crippen molar-refractivity contribution in [3.05, 3.63) is 35.9 Å². The highest BCUT2D eigenvalue weighted by atomic mass is 16.4. The zero-order chi connectivity index (χ0) is 26.0. The molecule has 1 fully saturated rings. The maximum atomic E-state index is 13.1. The molecule has 0 unspecified atom stereocenters. The molecule has 3 amide bonds. The number of benzene rings is 1. The Morgan fingerprint density at radius 3 is 2.43 bits per heavy atom. The van der Waals surface area contributed by atoms with Gasteiger partial charge in [0.15, 0.2) is 5.96 Å². The van der Waals surface area contributed by atoms with Crippen molar-refractivity contribution < 1.29 is 24.3 Å². The number of aliphatic imine (C=N–C) groups is 1. The number of amides is 3. The van der Waals surface area contributed by atoms with E-state index in [1.807, 2.05) is 6.07 Å². The van der Waals surface area contributed by atoms with E-state index in [2.05, 4.69) is 15.6 Å². The van der Waals surface area contributed by atoms with Gasteiger partial charge in [0, 0.05) is 19.5 Å². The van der Waals surface area contributed by atoms with Crippen LogP contribution in [0.4, 0.5) is 0 Å². The summed E-state index contributed by atoms with van der Waals surface area (Å²) < 4.78 is 0. The van der Waals surface area contributed by atoms with E-state index >= 15 is 0 Å². The fourth-order valence-corrected chi connectivity index (χ4v) is 3.92. The molecule has 1 aliphatic heterocycles. The zero-order valence-electron chi connectivity index (χ0n) is 19.9. The number of hydrogen-bond donors (Lipinski definition) is 6. The molecule has 0 bridgehead atoms. The number of aliphatic carboxylic acids is 1. The Bertz CT molecular complexity index is 918. The van der Waals surface area contributed by atoms with E-state index in [-0.39, 0.29) is 31.3 Å². The van der Waals surface area contributed by atoms with Gasteiger partial charge in [-0.2, -0.15) is 0 Å². The van der Waals surface area contributed by atoms with E-state index in [1.54, 1.807) is 31.2 Å². The molecule has 0 radical (unpaired) electrons. The molecule has 35 heavy (non-hydrogen) atoms. The molecule has 1 heterocycles. The quantitative estimate of drug-likeness (QED) is 0.118. The van der Waals surface area contributed by atoms with Crippen molar-refractivity contribution >= 4 is 29.7 Å². The number of carbonyl (C=O) groups is 4. The van der Waals surface area contributed by atoms with Crippen LogP contribution in [0.1, 0.15) is 38.2 Å². The average Bonchev–Trinajstić information content (AvgIpc) is 3.30. The predicted octanol–water partition coefficient (Wildman–Crippen LogP) is -1.32. The highest BCUT2D eigenvalue weighted by Crippen LogP contribution is 2.19. The summed E-state index contributed by atoms with van der Waals surface area (Å²) in [6, 6.07) is 5.31. The average molecular weight is 490 g/mol. The van der Waals surface area contributed by atoms with Crippen molar-refractivity contribution in [3.63, 3.8) is 0 Å². The summed E-state index contributed by atoms with van der Waals surface area (Å²) in [5.41, 5.74) is 17.0. The molecule has 0 aromatic heterocycles. The van der Waals surface area contributed by atoms with Gasteiger partial charge in [-0.1, -0.05) is 30.3 Å². The van der Waals surface area contributed by atoms with Crippen molar-refractivity contribution in [2.24, 2.45) is 22.2 Å². The monoisotopic (exact) mass is 489 g/mol. The summed E-state index contributed by atoms with van der Waals surface area (Å²) in [6.45, 7) is 2.18. The normalized spacial score (nSPS) is 17.7. The van der Waals surface area contributed by atoms with Gasteiger partial charge in [0.1, 0.15) is 18.1 Å². The molecule has 4 atom stereocenters. The first kappa shape index (κ1) is 27.6. The minimum Gasteiger partial charge on any atom is -0.480 e. The summed E-state index contributed by atoms with van der Waals surface area (Å²) in [5.74, 6) is -2.77. The SMILES string of the molecule is C[C@H](N)C(=O)N1CCC[C@H]1C(=O)N[C@@H](Cc1ccccc1)C(=O)N[C@@H](CCCN=C(N)N)C(=O)O. The molecule has 12 heteroatoms. The number of nitrogens with zero attached hydrogens (tertiary/aromatic N) is 2. The van der Waals surface area contributed by atoms with Crippen LogP contribution in [-0.4, -0.2) is 76.9 Å². The Morgan fingerprint density at radius 1 is 1.14 bits per heavy atom. The highest BCUT2D eigenvalue weighted by Gasteiger charge is 2.37. The van der Waals surface area contributed by atoms with Crippen molar-refractivity contribution in [2.45, 2.75) is 63.2 Å². The van der Waals surface area contributed by atoms with Gasteiger partial charge in [-0.25, -0.2) is 4.79 Å². The minimum absolute atomic E-state index is 0.100. The summed E-state index contributed by atoms with van der Waals surface area (Å²) >= 11 is 0. The third-order valence-electron chi connectivity index (χ3n) is 5.70. The maximum absolute atomic E-state index is 13.1. The van der Waals surface area contributed by atoms with Crippen molar-refractivity contribution in [2.75, 3.05) is 13.1 Å². The maximum Gasteiger partial charge on any atom is 0.326 e. The molecule has 1 aromatic carbocycles. The van der Waals surface area contributed by atoms with E-state index in [1.165, 1.54) is 4.90 Å². The second-order valence-electron chi connectivity index (χ2n) is 8.58. The van der Waals surface area contributed by atoms with Crippen LogP contribution in [0.25, 0.3) is 0 Å². The van der Waals surface area contributed by atoms with E-state index in [0.717, 1.165) is 5.56 Å². The minimum atomic E-state index is -1.21. The van der Waals surface area contributed by atoms with Crippen molar-refractivity contribution in [1.29, 1.82) is 0 Å². The molecule has 0 saturated carbocycles. The van der Waals surface area contributed by atoms with Gasteiger partial charge in [0.2, 0.25) is 17.7 Å². The van der Waals surface area contributed by atoms with Gasteiger partial charge in [-0.3, -0.25) is 19.4 Å². The van der Waals surface area contributed by atoms with E-state index in [0.29, 0.717) is 25.8 Å². The largest absolute Gasteiger partial charge is 0.480 e. The van der Waals surface area contributed by atoms with Gasteiger partial charge in [-0.15, -0.1) is 0 Å². The van der Waals surface area contributed by atoms with Gasteiger partial charge in [0.25, 0.3) is 0 Å². The number of guanidine groups is 1. The Labute approximate surface area is 204 Å². The number of carboxylic acids is 1. The molecule has 1 saturated heterocycles. The first-order valence-electron chi connectivity index (χ1n) is 11.6. The standard InChI is InChI=1S/C23H35N7O5/c1-14(24)21(33)30-12-6-10-18(30)20(32)29-17(13-15-7-3-2-4-8-15)19(31)28-16(22(34)35)9-5-11-27-23(25)26/h2-4,7-8,14,16-18H,5-6,9-13,24H2,1H3,(H,28,31)(H,29,32)(H,34,35)(H4,25,26,27)/t14-,16-,17-,18-/m0/s1. The Hall–Kier alpha value is -3.67. The summed E-state index contributed by atoms with van der Waals surface area (Å²) in [6.07, 6.45) is 1.67. The van der Waals surface area contributed by atoms with Crippen LogP contribution in [-0.2, 0) is 25.6 Å². The number of nitrogens with one attached hydrogen (secondary N) is 2. The highest BCUT2D eigenvalue weighted by molar-refractivity contribution is 5.94. The fraction of sp³-hybridized carbons (Fsp3) is 0.522. The lowest BCUT2D eigenvalue weighted by atomic mass is 10.0. The molecule has 1 aromatic rings. The summed E-state index contributed by atoms with van der Waals surface area (Å²) in [7, 11) is 0. The molecule has 2 rings (SSSR count). The number of carboxylic acid groups (broad SMARTS) is 1. The van der Waals surface area contributed by atoms with Crippen LogP contribution < -0.4 is 27.8 Å². The van der Waals surface area contributed by atoms with Gasteiger partial charge in [0.05, 0.1) is 6.04 Å². The lowest BCUT2D eigenvalue weighted by molar-refractivity contribution is -0.143. The molecule has 0 aliphatic carbocycles. The molecule has 192 valence electrons. The third kappa shape index (κ3) is 8.56. The van der Waals surface area contributed by atoms with Crippen LogP contribution in [0.15, 0.2) is 35.3 Å². The van der Waals surface area contributed by atoms with Crippen LogP contribution in [0.5, 0.6) is 0 Å². The second-order valence-corrected chi connectivity index (χ2v) is 8.58. The lowest BCUT2D eigenvalue weighted by Gasteiger charge is -2.28. The molecule has 1 aliphatic rings. The predicted molar refractivity (Wildman–Crippen MR) is 130 cm³/mol. The zero-order valence-corrected chi connectivity index (χ0v) is 19.9. The van der Waals surface area contributed by atoms with Crippen molar-refractivity contribution in [3.8, 4) is 0 Å². The van der Waals surface area contributed by atoms with Crippen LogP contribution in [0.3, 0.4) is 0 Å². The van der Waals surface area contributed by atoms with Crippen LogP contribution in [0, 0.1) is 0 Å². The Balaban J connectivity index is 2.14. The number of likely N-dealkylation sites (tertiary alicyclic amines) is 1. The fourth-order valence-electron chi connectivity index (χ4n) is 3.92. The first-order chi connectivity index (χ1) is 16.6. The number of rotatable bonds is 12. The third-order valence-corrected chi connectivity index (χ3v) is 5.70. The number of nitrogens with two attached hydrogens (primary N) is 3. The van der Waals surface area contributed by atoms with Crippen LogP contribution >= 0.6 is 0 Å². The van der Waals surface area contributed by atoms with E-state index in [4.69, 9.17) is 17.2 Å². The van der Waals surface area contributed by atoms with Gasteiger partial charge in [-0.05, 0) is 38.2 Å². The summed E-state index contributed by atoms with van der Waals surface area (Å²) in [4.78, 5) is 55.6. The van der Waals surface area contributed by atoms with Gasteiger partial charge < -0.3 is 37.8 Å². The smallest absolute Gasteiger partial charge is 0.326 e. The van der Waals surface area contributed by atoms with Crippen molar-refractivity contribution in [1.82, 2.24) is 15.5 Å². The molecule has 0 spiro atoms. The number of carbonyl (C=O) groups excluding carboxylic acids is 3. The van der Waals surface area contributed by atoms with Crippen LogP contribution in [0.2, 0.25) is 0 Å². The Morgan fingerprint density at radius 2 is 1.83 bits per heavy atom. The molecular formula is C23H35N7O5. The number of hydrogen-bond acceptors (Lipinski definition) is 6. The lowest BCUT2D eigenvalue weighted by Crippen LogP contribution is -2.57. The molecule has 12 nitrogen and oxygen atoms in total. The summed E-state index contributed by atoms with van der Waals surface area (Å²) in [5, 5.41) is 14.8. The first-order valence-corrected chi connectivity index (χ1v) is 11.6. The van der Waals surface area contributed by atoms with Gasteiger partial charge >= 0.3 is 5.97 Å². The van der Waals surface area contributed by atoms with E-state index in [9.17, 15) is 24.3 Å². The molecule has 9 N–H and O–H groups in total. The topological polar surface area (TPSA) is 206 Å².